The first-order valence-electron chi connectivity index (χ1n) is 4.96. The van der Waals surface area contributed by atoms with Crippen LogP contribution in [0.5, 0.6) is 0 Å². The first kappa shape index (κ1) is 14.2. The highest BCUT2D eigenvalue weighted by molar-refractivity contribution is 7.89. The summed E-state index contributed by atoms with van der Waals surface area (Å²) < 4.78 is 26.6. The Labute approximate surface area is 104 Å². The Bertz CT molecular complexity index is 548. The molecule has 2 amide bonds. The van der Waals surface area contributed by atoms with Crippen LogP contribution in [-0.2, 0) is 14.8 Å². The molecular formula is C9H13N3O5S. The molecule has 0 saturated heterocycles. The van der Waals surface area contributed by atoms with Crippen molar-refractivity contribution in [1.29, 1.82) is 0 Å². The molecule has 0 aliphatic rings. The molecule has 8 nitrogen and oxygen atoms in total. The van der Waals surface area contributed by atoms with Crippen LogP contribution in [0.2, 0.25) is 0 Å². The Morgan fingerprint density at radius 3 is 2.39 bits per heavy atom. The van der Waals surface area contributed by atoms with Gasteiger partial charge in [0.1, 0.15) is 0 Å². The summed E-state index contributed by atoms with van der Waals surface area (Å²) in [4.78, 5) is 22.0. The van der Waals surface area contributed by atoms with Gasteiger partial charge in [-0.1, -0.05) is 0 Å². The van der Waals surface area contributed by atoms with Crippen molar-refractivity contribution in [2.24, 2.45) is 5.14 Å². The van der Waals surface area contributed by atoms with E-state index in [1.54, 1.807) is 0 Å². The molecule has 0 aliphatic carbocycles. The number of hydrogen-bond acceptors (Lipinski definition) is 5. The summed E-state index contributed by atoms with van der Waals surface area (Å²) in [5.41, 5.74) is 0. The highest BCUT2D eigenvalue weighted by Crippen LogP contribution is 2.11. The molecule has 0 atom stereocenters. The number of hydrogen-bond donors (Lipinski definition) is 3. The summed E-state index contributed by atoms with van der Waals surface area (Å²) in [7, 11) is -3.96. The number of carbonyl (C=O) groups excluding carboxylic acids is 2. The average molecular weight is 275 g/mol. The van der Waals surface area contributed by atoms with E-state index in [4.69, 9.17) is 9.56 Å². The summed E-state index contributed by atoms with van der Waals surface area (Å²) in [5.74, 6) is -0.962. The number of amides is 2. The molecule has 1 aromatic rings. The Kier molecular flexibility index (Phi) is 4.45. The lowest BCUT2D eigenvalue weighted by atomic mass is 10.4. The maximum absolute atomic E-state index is 11.5. The number of nitrogens with two attached hydrogens (primary N) is 1. The largest absolute Gasteiger partial charge is 0.438 e. The van der Waals surface area contributed by atoms with Crippen molar-refractivity contribution in [3.8, 4) is 0 Å². The van der Waals surface area contributed by atoms with Crippen LogP contribution in [-0.4, -0.2) is 33.3 Å². The lowest BCUT2D eigenvalue weighted by Gasteiger charge is -2.03. The highest BCUT2D eigenvalue weighted by atomic mass is 32.2. The van der Waals surface area contributed by atoms with Crippen LogP contribution in [0.1, 0.15) is 17.5 Å². The Balaban J connectivity index is 2.52. The number of primary sulfonamides is 1. The van der Waals surface area contributed by atoms with Crippen LogP contribution in [0.15, 0.2) is 21.6 Å². The van der Waals surface area contributed by atoms with Gasteiger partial charge in [0.05, 0.1) is 0 Å². The summed E-state index contributed by atoms with van der Waals surface area (Å²) in [6, 6.07) is 2.30. The van der Waals surface area contributed by atoms with Crippen molar-refractivity contribution in [2.45, 2.75) is 12.0 Å². The third kappa shape index (κ3) is 4.18. The van der Waals surface area contributed by atoms with Gasteiger partial charge in [0.2, 0.25) is 11.0 Å². The van der Waals surface area contributed by atoms with Gasteiger partial charge in [-0.2, -0.15) is 0 Å². The molecule has 0 aromatic carbocycles. The van der Waals surface area contributed by atoms with Gasteiger partial charge in [0, 0.05) is 20.0 Å². The summed E-state index contributed by atoms with van der Waals surface area (Å²) in [5, 5.41) is 9.26. The lowest BCUT2D eigenvalue weighted by Crippen LogP contribution is -2.33. The van der Waals surface area contributed by atoms with Crippen molar-refractivity contribution in [2.75, 3.05) is 13.1 Å². The second-order valence-electron chi connectivity index (χ2n) is 3.40. The minimum atomic E-state index is -3.96. The topological polar surface area (TPSA) is 132 Å². The van der Waals surface area contributed by atoms with E-state index in [0.717, 1.165) is 6.07 Å². The fourth-order valence-electron chi connectivity index (χ4n) is 1.10. The first-order chi connectivity index (χ1) is 8.30. The number of furan rings is 1. The van der Waals surface area contributed by atoms with Gasteiger partial charge in [-0.25, -0.2) is 13.6 Å². The fourth-order valence-corrected chi connectivity index (χ4v) is 1.56. The van der Waals surface area contributed by atoms with Crippen molar-refractivity contribution >= 4 is 21.8 Å². The van der Waals surface area contributed by atoms with Gasteiger partial charge in [-0.05, 0) is 12.1 Å². The third-order valence-corrected chi connectivity index (χ3v) is 2.65. The summed E-state index contributed by atoms with van der Waals surface area (Å²) in [6.45, 7) is 1.82. The van der Waals surface area contributed by atoms with Crippen LogP contribution in [0.25, 0.3) is 0 Å². The van der Waals surface area contributed by atoms with Crippen LogP contribution < -0.4 is 15.8 Å². The maximum Gasteiger partial charge on any atom is 0.287 e. The normalized spacial score (nSPS) is 11.0. The molecule has 1 rings (SSSR count). The predicted molar refractivity (Wildman–Crippen MR) is 61.1 cm³/mol. The highest BCUT2D eigenvalue weighted by Gasteiger charge is 2.16. The summed E-state index contributed by atoms with van der Waals surface area (Å²) >= 11 is 0. The molecule has 18 heavy (non-hydrogen) atoms. The maximum atomic E-state index is 11.5. The first-order valence-corrected chi connectivity index (χ1v) is 6.50. The van der Waals surface area contributed by atoms with Gasteiger partial charge in [-0.15, -0.1) is 0 Å². The van der Waals surface area contributed by atoms with Gasteiger partial charge in [-0.3, -0.25) is 9.59 Å². The molecule has 0 aliphatic heterocycles. The molecule has 1 aromatic heterocycles. The van der Waals surface area contributed by atoms with E-state index in [1.165, 1.54) is 13.0 Å². The number of nitrogens with one attached hydrogen (secondary N) is 2. The minimum absolute atomic E-state index is 0.165. The van der Waals surface area contributed by atoms with Crippen molar-refractivity contribution in [1.82, 2.24) is 10.6 Å². The van der Waals surface area contributed by atoms with Gasteiger partial charge >= 0.3 is 0 Å². The van der Waals surface area contributed by atoms with Crippen LogP contribution in [0, 0.1) is 0 Å². The van der Waals surface area contributed by atoms with Crippen molar-refractivity contribution < 1.29 is 22.4 Å². The molecule has 0 radical (unpaired) electrons. The fraction of sp³-hybridized carbons (Fsp3) is 0.333. The Hall–Kier alpha value is -1.87. The smallest absolute Gasteiger partial charge is 0.287 e. The Morgan fingerprint density at radius 1 is 1.28 bits per heavy atom. The summed E-state index contributed by atoms with van der Waals surface area (Å²) in [6.07, 6.45) is 0. The number of carbonyl (C=O) groups is 2. The quantitative estimate of drug-likeness (QED) is 0.580. The molecular weight excluding hydrogens is 262 g/mol. The molecule has 0 unspecified atom stereocenters. The van der Waals surface area contributed by atoms with E-state index >= 15 is 0 Å². The molecule has 0 bridgehead atoms. The number of sulfonamides is 1. The van der Waals surface area contributed by atoms with E-state index in [2.05, 4.69) is 10.6 Å². The van der Waals surface area contributed by atoms with Gasteiger partial charge in [0.25, 0.3) is 15.9 Å². The standard InChI is InChI=1S/C9H13N3O5S/c1-6(13)11-4-5-12-9(14)7-2-3-8(17-7)18(10,15)16/h2-3H,4-5H2,1H3,(H,11,13)(H,12,14)(H2,10,15,16). The lowest BCUT2D eigenvalue weighted by molar-refractivity contribution is -0.118. The van der Waals surface area contributed by atoms with E-state index < -0.39 is 21.0 Å². The average Bonchev–Trinajstić information content (AvgIpc) is 2.72. The number of rotatable bonds is 5. The zero-order valence-electron chi connectivity index (χ0n) is 9.60. The zero-order valence-corrected chi connectivity index (χ0v) is 10.4. The zero-order chi connectivity index (χ0) is 13.8. The van der Waals surface area contributed by atoms with Crippen molar-refractivity contribution in [3.63, 3.8) is 0 Å². The van der Waals surface area contributed by atoms with Gasteiger partial charge < -0.3 is 15.1 Å². The second-order valence-corrected chi connectivity index (χ2v) is 4.89. The van der Waals surface area contributed by atoms with Crippen LogP contribution >= 0.6 is 0 Å². The van der Waals surface area contributed by atoms with Crippen LogP contribution in [0.3, 0.4) is 0 Å². The van der Waals surface area contributed by atoms with E-state index in [1.807, 2.05) is 0 Å². The predicted octanol–water partition coefficient (Wildman–Crippen LogP) is -1.21. The minimum Gasteiger partial charge on any atom is -0.438 e. The van der Waals surface area contributed by atoms with E-state index in [9.17, 15) is 18.0 Å². The second kappa shape index (κ2) is 5.65. The molecule has 9 heteroatoms. The Morgan fingerprint density at radius 2 is 1.89 bits per heavy atom. The molecule has 0 spiro atoms. The van der Waals surface area contributed by atoms with Gasteiger partial charge in [0.15, 0.2) is 5.76 Å². The molecule has 4 N–H and O–H groups in total. The molecule has 0 saturated carbocycles. The van der Waals surface area contributed by atoms with Crippen molar-refractivity contribution in [3.05, 3.63) is 17.9 Å². The SMILES string of the molecule is CC(=O)NCCNC(=O)c1ccc(S(N)(=O)=O)o1. The van der Waals surface area contributed by atoms with Crippen LogP contribution in [0.4, 0.5) is 0 Å². The molecule has 1 heterocycles. The van der Waals surface area contributed by atoms with E-state index in [0.29, 0.717) is 0 Å². The molecule has 0 fully saturated rings. The third-order valence-electron chi connectivity index (χ3n) is 1.87. The molecule has 100 valence electrons. The monoisotopic (exact) mass is 275 g/mol. The van der Waals surface area contributed by atoms with E-state index in [-0.39, 0.29) is 24.8 Å².